The summed E-state index contributed by atoms with van der Waals surface area (Å²) < 4.78 is 0. The second-order valence-corrected chi connectivity index (χ2v) is 8.47. The van der Waals surface area contributed by atoms with Gasteiger partial charge in [-0.25, -0.2) is 15.0 Å². The van der Waals surface area contributed by atoms with Gasteiger partial charge in [-0.15, -0.1) is 0 Å². The molecule has 9 nitrogen and oxygen atoms in total. The van der Waals surface area contributed by atoms with Gasteiger partial charge in [0.2, 0.25) is 5.95 Å². The zero-order valence-electron chi connectivity index (χ0n) is 18.9. The maximum absolute atomic E-state index is 12.7. The van der Waals surface area contributed by atoms with Crippen molar-refractivity contribution in [1.29, 1.82) is 0 Å². The van der Waals surface area contributed by atoms with Crippen LogP contribution in [0.5, 0.6) is 0 Å². The fraction of sp³-hybridized carbons (Fsp3) is 0.333. The SMILES string of the molecule is CCc1cnc(N)nc1-c1ccc(Nc2ccc(N3CCN(C)CC3)cn2)c2c1CNC2=O. The van der Waals surface area contributed by atoms with Gasteiger partial charge in [0.25, 0.3) is 5.91 Å². The number of rotatable bonds is 5. The van der Waals surface area contributed by atoms with Crippen LogP contribution < -0.4 is 21.3 Å². The third kappa shape index (κ3) is 4.07. The van der Waals surface area contributed by atoms with Crippen LogP contribution in [0.3, 0.4) is 0 Å². The van der Waals surface area contributed by atoms with Crippen LogP contribution in [-0.2, 0) is 13.0 Å². The van der Waals surface area contributed by atoms with E-state index in [2.05, 4.69) is 55.4 Å². The topological polar surface area (TPSA) is 112 Å². The van der Waals surface area contributed by atoms with E-state index in [9.17, 15) is 4.79 Å². The van der Waals surface area contributed by atoms with Crippen molar-refractivity contribution in [2.75, 3.05) is 49.2 Å². The Hall–Kier alpha value is -3.72. The molecule has 0 bridgehead atoms. The van der Waals surface area contributed by atoms with Crippen molar-refractivity contribution in [1.82, 2.24) is 25.2 Å². The number of nitrogen functional groups attached to an aromatic ring is 1. The summed E-state index contributed by atoms with van der Waals surface area (Å²) in [5.74, 6) is 0.812. The Kier molecular flexibility index (Phi) is 5.55. The number of benzene rings is 1. The molecule has 4 heterocycles. The standard InChI is InChI=1S/C24H28N8O/c1-3-15-12-28-24(25)30-22(15)17-5-6-19(21-18(17)14-27-23(21)33)29-20-7-4-16(13-26-20)32-10-8-31(2)9-11-32/h4-7,12-13H,3,8-11,14H2,1-2H3,(H,26,29)(H,27,33)(H2,25,28,30). The molecule has 5 rings (SSSR count). The molecule has 0 spiro atoms. The number of nitrogens with two attached hydrogens (primary N) is 1. The lowest BCUT2D eigenvalue weighted by Gasteiger charge is -2.33. The largest absolute Gasteiger partial charge is 0.368 e. The lowest BCUT2D eigenvalue weighted by molar-refractivity contribution is 0.0966. The highest BCUT2D eigenvalue weighted by Gasteiger charge is 2.27. The molecule has 4 N–H and O–H groups in total. The first-order valence-corrected chi connectivity index (χ1v) is 11.3. The first-order chi connectivity index (χ1) is 16.0. The number of hydrogen-bond acceptors (Lipinski definition) is 8. The van der Waals surface area contributed by atoms with Gasteiger partial charge in [0.1, 0.15) is 5.82 Å². The summed E-state index contributed by atoms with van der Waals surface area (Å²) in [6.45, 7) is 6.58. The van der Waals surface area contributed by atoms with Gasteiger partial charge in [-0.2, -0.15) is 0 Å². The first-order valence-electron chi connectivity index (χ1n) is 11.3. The number of fused-ring (bicyclic) bond motifs is 1. The number of aryl methyl sites for hydroxylation is 1. The predicted octanol–water partition coefficient (Wildman–Crippen LogP) is 2.42. The van der Waals surface area contributed by atoms with Gasteiger partial charge in [-0.1, -0.05) is 13.0 Å². The molecule has 1 saturated heterocycles. The number of piperazine rings is 1. The minimum absolute atomic E-state index is 0.108. The maximum atomic E-state index is 12.7. The summed E-state index contributed by atoms with van der Waals surface area (Å²) in [6, 6.07) is 7.93. The number of anilines is 4. The highest BCUT2D eigenvalue weighted by Crippen LogP contribution is 2.36. The van der Waals surface area contributed by atoms with Gasteiger partial charge in [-0.05, 0) is 42.8 Å². The molecule has 1 amide bonds. The molecule has 1 fully saturated rings. The first kappa shape index (κ1) is 21.1. The molecule has 170 valence electrons. The van der Waals surface area contributed by atoms with Crippen molar-refractivity contribution in [3.8, 4) is 11.3 Å². The molecule has 2 aliphatic heterocycles. The number of aromatic nitrogens is 3. The van der Waals surface area contributed by atoms with Crippen LogP contribution >= 0.6 is 0 Å². The van der Waals surface area contributed by atoms with Gasteiger partial charge in [0.15, 0.2) is 0 Å². The average Bonchev–Trinajstić information content (AvgIpc) is 3.22. The van der Waals surface area contributed by atoms with E-state index in [0.717, 1.165) is 66.4 Å². The Morgan fingerprint density at radius 3 is 2.64 bits per heavy atom. The third-order valence-electron chi connectivity index (χ3n) is 6.36. The van der Waals surface area contributed by atoms with Crippen molar-refractivity contribution in [3.05, 3.63) is 53.3 Å². The summed E-state index contributed by atoms with van der Waals surface area (Å²) in [7, 11) is 2.14. The molecule has 0 saturated carbocycles. The number of amides is 1. The van der Waals surface area contributed by atoms with Crippen LogP contribution in [-0.4, -0.2) is 59.0 Å². The molecule has 0 radical (unpaired) electrons. The number of hydrogen-bond donors (Lipinski definition) is 3. The van der Waals surface area contributed by atoms with Crippen molar-refractivity contribution in [2.45, 2.75) is 19.9 Å². The van der Waals surface area contributed by atoms with Crippen molar-refractivity contribution < 1.29 is 4.79 Å². The van der Waals surface area contributed by atoms with Crippen molar-refractivity contribution in [3.63, 3.8) is 0 Å². The fourth-order valence-electron chi connectivity index (χ4n) is 4.44. The highest BCUT2D eigenvalue weighted by molar-refractivity contribution is 6.06. The molecule has 0 unspecified atom stereocenters. The van der Waals surface area contributed by atoms with Crippen LogP contribution in [0.2, 0.25) is 0 Å². The highest BCUT2D eigenvalue weighted by atomic mass is 16.1. The van der Waals surface area contributed by atoms with Crippen LogP contribution in [0.15, 0.2) is 36.7 Å². The summed E-state index contributed by atoms with van der Waals surface area (Å²) >= 11 is 0. The summed E-state index contributed by atoms with van der Waals surface area (Å²) in [5, 5.41) is 6.28. The third-order valence-corrected chi connectivity index (χ3v) is 6.36. The van der Waals surface area contributed by atoms with Gasteiger partial charge in [0, 0.05) is 44.5 Å². The number of pyridine rings is 1. The molecule has 0 atom stereocenters. The zero-order valence-corrected chi connectivity index (χ0v) is 18.9. The monoisotopic (exact) mass is 444 g/mol. The normalized spacial score (nSPS) is 15.9. The lowest BCUT2D eigenvalue weighted by Crippen LogP contribution is -2.44. The smallest absolute Gasteiger partial charge is 0.254 e. The van der Waals surface area contributed by atoms with E-state index in [4.69, 9.17) is 5.73 Å². The minimum atomic E-state index is -0.108. The van der Waals surface area contributed by atoms with Crippen LogP contribution in [0.4, 0.5) is 23.1 Å². The van der Waals surface area contributed by atoms with Gasteiger partial charge in [-0.3, -0.25) is 4.79 Å². The van der Waals surface area contributed by atoms with Crippen molar-refractivity contribution >= 4 is 29.0 Å². The van der Waals surface area contributed by atoms with E-state index in [1.54, 1.807) is 6.20 Å². The lowest BCUT2D eigenvalue weighted by atomic mass is 9.96. The Morgan fingerprint density at radius 1 is 1.09 bits per heavy atom. The van der Waals surface area contributed by atoms with E-state index in [1.165, 1.54) is 0 Å². The molecule has 2 aromatic heterocycles. The minimum Gasteiger partial charge on any atom is -0.368 e. The second kappa shape index (κ2) is 8.67. The number of carbonyl (C=O) groups excluding carboxylic acids is 1. The maximum Gasteiger partial charge on any atom is 0.254 e. The van der Waals surface area contributed by atoms with E-state index in [0.29, 0.717) is 17.9 Å². The average molecular weight is 445 g/mol. The number of carbonyl (C=O) groups is 1. The van der Waals surface area contributed by atoms with E-state index >= 15 is 0 Å². The van der Waals surface area contributed by atoms with Gasteiger partial charge in [0.05, 0.1) is 28.8 Å². The Bertz CT molecular complexity index is 1190. The van der Waals surface area contributed by atoms with E-state index in [-0.39, 0.29) is 11.9 Å². The predicted molar refractivity (Wildman–Crippen MR) is 130 cm³/mol. The molecular weight excluding hydrogens is 416 g/mol. The van der Waals surface area contributed by atoms with Crippen LogP contribution in [0, 0.1) is 0 Å². The molecule has 0 aliphatic carbocycles. The molecule has 1 aromatic carbocycles. The van der Waals surface area contributed by atoms with Crippen molar-refractivity contribution in [2.24, 2.45) is 0 Å². The zero-order chi connectivity index (χ0) is 22.9. The molecular formula is C24H28N8O. The quantitative estimate of drug-likeness (QED) is 0.550. The summed E-state index contributed by atoms with van der Waals surface area (Å²) in [5.41, 5.74) is 11.9. The van der Waals surface area contributed by atoms with Crippen LogP contribution in [0.25, 0.3) is 11.3 Å². The Morgan fingerprint density at radius 2 is 1.91 bits per heavy atom. The molecule has 33 heavy (non-hydrogen) atoms. The Labute approximate surface area is 193 Å². The molecule has 9 heteroatoms. The van der Waals surface area contributed by atoms with Gasteiger partial charge < -0.3 is 26.2 Å². The summed E-state index contributed by atoms with van der Waals surface area (Å²) in [4.78, 5) is 30.6. The summed E-state index contributed by atoms with van der Waals surface area (Å²) in [6.07, 6.45) is 4.42. The fourth-order valence-corrected chi connectivity index (χ4v) is 4.44. The molecule has 3 aromatic rings. The number of likely N-dealkylation sites (N-methyl/N-ethyl adjacent to an activating group) is 1. The van der Waals surface area contributed by atoms with E-state index in [1.807, 2.05) is 24.4 Å². The Balaban J connectivity index is 1.44. The van der Waals surface area contributed by atoms with E-state index < -0.39 is 0 Å². The number of nitrogens with zero attached hydrogens (tertiary/aromatic N) is 5. The second-order valence-electron chi connectivity index (χ2n) is 8.47. The molecule has 2 aliphatic rings. The van der Waals surface area contributed by atoms with Gasteiger partial charge >= 0.3 is 0 Å². The number of nitrogens with one attached hydrogen (secondary N) is 2. The van der Waals surface area contributed by atoms with Crippen LogP contribution in [0.1, 0.15) is 28.4 Å².